The van der Waals surface area contributed by atoms with Crippen molar-refractivity contribution < 1.29 is 19.4 Å². The Bertz CT molecular complexity index is 446. The number of nitrogens with two attached hydrogens (primary N) is 1. The van der Waals surface area contributed by atoms with Crippen LogP contribution < -0.4 is 5.73 Å². The van der Waals surface area contributed by atoms with Crippen LogP contribution in [0.3, 0.4) is 0 Å². The maximum absolute atomic E-state index is 11.8. The molecule has 0 aromatic carbocycles. The van der Waals surface area contributed by atoms with Gasteiger partial charge in [0, 0.05) is 6.04 Å². The van der Waals surface area contributed by atoms with E-state index >= 15 is 0 Å². The monoisotopic (exact) mass is 397 g/mol. The Labute approximate surface area is 171 Å². The Kier molecular flexibility index (Phi) is 11.7. The maximum Gasteiger partial charge on any atom is 0.307 e. The van der Waals surface area contributed by atoms with Crippen molar-refractivity contribution in [3.05, 3.63) is 0 Å². The van der Waals surface area contributed by atoms with E-state index in [9.17, 15) is 14.7 Å². The number of carbonyl (C=O) groups is 2. The van der Waals surface area contributed by atoms with Crippen molar-refractivity contribution in [1.82, 2.24) is 0 Å². The summed E-state index contributed by atoms with van der Waals surface area (Å²) in [6, 6.07) is 0.536. The van der Waals surface area contributed by atoms with Crippen LogP contribution in [0.2, 0.25) is 0 Å². The summed E-state index contributed by atoms with van der Waals surface area (Å²) in [5.41, 5.74) is 5.08. The minimum absolute atomic E-state index is 0.0166. The first-order chi connectivity index (χ1) is 13.2. The molecule has 2 fully saturated rings. The Hall–Kier alpha value is -1.10. The zero-order valence-corrected chi connectivity index (χ0v) is 18.4. The van der Waals surface area contributed by atoms with Crippen molar-refractivity contribution >= 4 is 11.9 Å². The fourth-order valence-electron chi connectivity index (χ4n) is 4.16. The first kappa shape index (κ1) is 24.9. The van der Waals surface area contributed by atoms with Crippen LogP contribution in [0.25, 0.3) is 0 Å². The summed E-state index contributed by atoms with van der Waals surface area (Å²) in [4.78, 5) is 23.0. The molecule has 0 bridgehead atoms. The Balaban J connectivity index is 0.000000467. The summed E-state index contributed by atoms with van der Waals surface area (Å²) in [5, 5.41) is 9.25. The average Bonchev–Trinajstić information content (AvgIpc) is 2.61. The van der Waals surface area contributed by atoms with Gasteiger partial charge in [0.15, 0.2) is 0 Å². The highest BCUT2D eigenvalue weighted by Crippen LogP contribution is 2.29. The largest absolute Gasteiger partial charge is 0.481 e. The highest BCUT2D eigenvalue weighted by molar-refractivity contribution is 5.78. The van der Waals surface area contributed by atoms with Gasteiger partial charge in [-0.2, -0.15) is 0 Å². The maximum atomic E-state index is 11.8. The van der Waals surface area contributed by atoms with Gasteiger partial charge >= 0.3 is 11.9 Å². The summed E-state index contributed by atoms with van der Waals surface area (Å²) < 4.78 is 5.21. The number of carboxylic acids is 1. The number of hydrogen-bond donors (Lipinski definition) is 2. The molecule has 0 amide bonds. The number of aliphatic carboxylic acids is 1. The van der Waals surface area contributed by atoms with Crippen LogP contribution in [0.15, 0.2) is 0 Å². The SMILES string of the molecule is CC(C)(C)OC(=O)C[C@@H](CCCC1CCCCC1)C(=O)O.NC1CCCCC1. The highest BCUT2D eigenvalue weighted by Gasteiger charge is 2.25. The molecule has 0 aromatic rings. The molecule has 2 aliphatic rings. The molecule has 0 heterocycles. The van der Waals surface area contributed by atoms with Crippen molar-refractivity contribution in [3.63, 3.8) is 0 Å². The number of carbonyl (C=O) groups excluding carboxylic acids is 1. The van der Waals surface area contributed by atoms with Crippen molar-refractivity contribution in [2.24, 2.45) is 17.6 Å². The molecule has 0 radical (unpaired) electrons. The van der Waals surface area contributed by atoms with E-state index in [1.54, 1.807) is 20.8 Å². The highest BCUT2D eigenvalue weighted by atomic mass is 16.6. The predicted octanol–water partition coefficient (Wildman–Crippen LogP) is 5.45. The third-order valence-electron chi connectivity index (χ3n) is 5.72. The van der Waals surface area contributed by atoms with Gasteiger partial charge in [0.1, 0.15) is 5.60 Å². The van der Waals surface area contributed by atoms with Crippen LogP contribution in [0, 0.1) is 11.8 Å². The van der Waals surface area contributed by atoms with Crippen LogP contribution in [0.5, 0.6) is 0 Å². The molecule has 0 saturated heterocycles. The molecule has 0 aliphatic heterocycles. The van der Waals surface area contributed by atoms with Crippen molar-refractivity contribution in [2.45, 2.75) is 122 Å². The second kappa shape index (κ2) is 13.2. The summed E-state index contributed by atoms with van der Waals surface area (Å²) in [7, 11) is 0. The number of rotatable bonds is 7. The molecule has 1 atom stereocenters. The van der Waals surface area contributed by atoms with Crippen molar-refractivity contribution in [2.75, 3.05) is 0 Å². The normalized spacial score (nSPS) is 20.0. The van der Waals surface area contributed by atoms with Crippen LogP contribution in [0.1, 0.15) is 111 Å². The molecule has 28 heavy (non-hydrogen) atoms. The van der Waals surface area contributed by atoms with Crippen LogP contribution in [0.4, 0.5) is 0 Å². The van der Waals surface area contributed by atoms with Crippen LogP contribution in [-0.4, -0.2) is 28.7 Å². The third-order valence-corrected chi connectivity index (χ3v) is 5.72. The van der Waals surface area contributed by atoms with E-state index in [-0.39, 0.29) is 6.42 Å². The molecular weight excluding hydrogens is 354 g/mol. The topological polar surface area (TPSA) is 89.6 Å². The van der Waals surface area contributed by atoms with E-state index in [0.29, 0.717) is 12.5 Å². The zero-order chi connectivity index (χ0) is 21.0. The second-order valence-corrected chi connectivity index (χ2v) is 9.66. The smallest absolute Gasteiger partial charge is 0.307 e. The molecule has 0 aromatic heterocycles. The minimum Gasteiger partial charge on any atom is -0.481 e. The number of hydrogen-bond acceptors (Lipinski definition) is 4. The fourth-order valence-corrected chi connectivity index (χ4v) is 4.16. The lowest BCUT2D eigenvalue weighted by molar-refractivity contribution is -0.160. The van der Waals surface area contributed by atoms with Crippen LogP contribution in [-0.2, 0) is 14.3 Å². The van der Waals surface area contributed by atoms with E-state index in [1.807, 2.05) is 0 Å². The standard InChI is InChI=1S/C17H30O4.C6H13N/c1-17(2,3)21-15(18)12-14(16(19)20)11-7-10-13-8-5-4-6-9-13;7-6-4-2-1-3-5-6/h13-14H,4-12H2,1-3H3,(H,19,20);6H,1-5,7H2/t14-;/m1./s1. The Morgan fingerprint density at radius 3 is 1.96 bits per heavy atom. The summed E-state index contributed by atoms with van der Waals surface area (Å²) >= 11 is 0. The predicted molar refractivity (Wildman–Crippen MR) is 113 cm³/mol. The van der Waals surface area contributed by atoms with Gasteiger partial charge in [0.25, 0.3) is 0 Å². The van der Waals surface area contributed by atoms with Gasteiger partial charge in [0.2, 0.25) is 0 Å². The average molecular weight is 398 g/mol. The lowest BCUT2D eigenvalue weighted by atomic mass is 9.84. The Morgan fingerprint density at radius 2 is 1.54 bits per heavy atom. The lowest BCUT2D eigenvalue weighted by Gasteiger charge is -2.23. The second-order valence-electron chi connectivity index (χ2n) is 9.66. The first-order valence-corrected chi connectivity index (χ1v) is 11.4. The molecular formula is C23H43NO4. The summed E-state index contributed by atoms with van der Waals surface area (Å²) in [5.74, 6) is -1.14. The van der Waals surface area contributed by atoms with E-state index < -0.39 is 23.5 Å². The molecule has 2 aliphatic carbocycles. The number of carboxylic acid groups (broad SMARTS) is 1. The van der Waals surface area contributed by atoms with Gasteiger partial charge < -0.3 is 15.6 Å². The molecule has 164 valence electrons. The molecule has 0 spiro atoms. The Morgan fingerprint density at radius 1 is 1.00 bits per heavy atom. The molecule has 0 unspecified atom stereocenters. The molecule has 2 saturated carbocycles. The summed E-state index contributed by atoms with van der Waals surface area (Å²) in [6.07, 6.45) is 15.7. The van der Waals surface area contributed by atoms with Gasteiger partial charge in [0.05, 0.1) is 12.3 Å². The fraction of sp³-hybridized carbons (Fsp3) is 0.913. The molecule has 2 rings (SSSR count). The third kappa shape index (κ3) is 12.4. The van der Waals surface area contributed by atoms with Gasteiger partial charge in [-0.25, -0.2) is 0 Å². The number of esters is 1. The van der Waals surface area contributed by atoms with Gasteiger partial charge in [-0.15, -0.1) is 0 Å². The van der Waals surface area contributed by atoms with E-state index in [4.69, 9.17) is 10.5 Å². The zero-order valence-electron chi connectivity index (χ0n) is 18.4. The molecule has 5 nitrogen and oxygen atoms in total. The minimum atomic E-state index is -0.885. The molecule has 5 heteroatoms. The first-order valence-electron chi connectivity index (χ1n) is 11.4. The van der Waals surface area contributed by atoms with Crippen molar-refractivity contribution in [1.29, 1.82) is 0 Å². The molecule has 3 N–H and O–H groups in total. The van der Waals surface area contributed by atoms with Gasteiger partial charge in [-0.05, 0) is 46.0 Å². The quantitative estimate of drug-likeness (QED) is 0.558. The van der Waals surface area contributed by atoms with E-state index in [1.165, 1.54) is 64.2 Å². The van der Waals surface area contributed by atoms with Crippen molar-refractivity contribution in [3.8, 4) is 0 Å². The van der Waals surface area contributed by atoms with E-state index in [0.717, 1.165) is 18.8 Å². The summed E-state index contributed by atoms with van der Waals surface area (Å²) in [6.45, 7) is 5.39. The van der Waals surface area contributed by atoms with Crippen LogP contribution >= 0.6 is 0 Å². The van der Waals surface area contributed by atoms with Gasteiger partial charge in [-0.1, -0.05) is 64.2 Å². The number of ether oxygens (including phenoxy) is 1. The van der Waals surface area contributed by atoms with Gasteiger partial charge in [-0.3, -0.25) is 9.59 Å². The van der Waals surface area contributed by atoms with E-state index in [2.05, 4.69) is 0 Å². The lowest BCUT2D eigenvalue weighted by Crippen LogP contribution is -2.27.